The van der Waals surface area contributed by atoms with Gasteiger partial charge in [0.1, 0.15) is 5.82 Å². The van der Waals surface area contributed by atoms with Crippen molar-refractivity contribution in [3.05, 3.63) is 16.7 Å². The highest BCUT2D eigenvalue weighted by atomic mass is 79.9. The lowest BCUT2D eigenvalue weighted by Crippen LogP contribution is -2.45. The van der Waals surface area contributed by atoms with E-state index in [4.69, 9.17) is 4.74 Å². The van der Waals surface area contributed by atoms with E-state index >= 15 is 0 Å². The molecule has 1 aliphatic rings. The fourth-order valence-electron chi connectivity index (χ4n) is 2.43. The van der Waals surface area contributed by atoms with Crippen LogP contribution in [0.3, 0.4) is 0 Å². The molecule has 0 saturated carbocycles. The predicted molar refractivity (Wildman–Crippen MR) is 86.9 cm³/mol. The molecule has 0 unspecified atom stereocenters. The zero-order chi connectivity index (χ0) is 15.4. The maximum Gasteiger partial charge on any atom is 0.320 e. The quantitative estimate of drug-likeness (QED) is 0.873. The van der Waals surface area contributed by atoms with Gasteiger partial charge in [-0.2, -0.15) is 0 Å². The highest BCUT2D eigenvalue weighted by Gasteiger charge is 2.24. The summed E-state index contributed by atoms with van der Waals surface area (Å²) in [6, 6.07) is 1.63. The number of urea groups is 1. The number of carbonyl (C=O) groups is 1. The lowest BCUT2D eigenvalue weighted by atomic mass is 10.2. The molecule has 0 aromatic carbocycles. The zero-order valence-corrected chi connectivity index (χ0v) is 14.1. The summed E-state index contributed by atoms with van der Waals surface area (Å²) >= 11 is 3.53. The average Bonchev–Trinajstić information content (AvgIpc) is 2.40. The Balaban J connectivity index is 2.16. The number of aromatic nitrogens is 1. The van der Waals surface area contributed by atoms with Gasteiger partial charge in [0, 0.05) is 31.9 Å². The van der Waals surface area contributed by atoms with Crippen LogP contribution in [0.15, 0.2) is 16.7 Å². The molecule has 2 atom stereocenters. The van der Waals surface area contributed by atoms with Crippen molar-refractivity contribution in [1.29, 1.82) is 0 Å². The fourth-order valence-corrected chi connectivity index (χ4v) is 2.90. The van der Waals surface area contributed by atoms with Crippen molar-refractivity contribution in [3.63, 3.8) is 0 Å². The highest BCUT2D eigenvalue weighted by Crippen LogP contribution is 2.30. The maximum atomic E-state index is 11.6. The van der Waals surface area contributed by atoms with Crippen LogP contribution < -0.4 is 15.5 Å². The summed E-state index contributed by atoms with van der Waals surface area (Å²) in [5, 5.41) is 5.42. The van der Waals surface area contributed by atoms with Crippen LogP contribution in [0.4, 0.5) is 16.3 Å². The monoisotopic (exact) mass is 356 g/mol. The number of nitrogens with zero attached hydrogens (tertiary/aromatic N) is 2. The molecule has 2 heterocycles. The molecule has 2 N–H and O–H groups in total. The van der Waals surface area contributed by atoms with E-state index in [1.165, 1.54) is 0 Å². The average molecular weight is 357 g/mol. The number of rotatable bonds is 3. The van der Waals surface area contributed by atoms with Crippen molar-refractivity contribution in [3.8, 4) is 0 Å². The lowest BCUT2D eigenvalue weighted by Gasteiger charge is -2.37. The van der Waals surface area contributed by atoms with Crippen molar-refractivity contribution in [2.24, 2.45) is 0 Å². The summed E-state index contributed by atoms with van der Waals surface area (Å²) in [5.74, 6) is 0.533. The zero-order valence-electron chi connectivity index (χ0n) is 12.5. The molecule has 0 bridgehead atoms. The first-order valence-electron chi connectivity index (χ1n) is 7.10. The topological polar surface area (TPSA) is 66.5 Å². The Morgan fingerprint density at radius 1 is 1.48 bits per heavy atom. The molecule has 2 amide bonds. The summed E-state index contributed by atoms with van der Waals surface area (Å²) in [5.41, 5.74) is 1.01. The Bertz CT molecular complexity index is 502. The Morgan fingerprint density at radius 2 is 2.14 bits per heavy atom. The molecule has 0 radical (unpaired) electrons. The number of nitrogens with one attached hydrogen (secondary N) is 2. The number of ether oxygens (including phenoxy) is 1. The van der Waals surface area contributed by atoms with Crippen LogP contribution >= 0.6 is 15.9 Å². The van der Waals surface area contributed by atoms with Crippen LogP contribution in [0.5, 0.6) is 0 Å². The number of morpholine rings is 1. The predicted octanol–water partition coefficient (Wildman–Crippen LogP) is 2.60. The van der Waals surface area contributed by atoms with Gasteiger partial charge in [-0.05, 0) is 36.7 Å². The summed E-state index contributed by atoms with van der Waals surface area (Å²) in [7, 11) is 0. The molecule has 0 spiro atoms. The fraction of sp³-hybridized carbons (Fsp3) is 0.571. The van der Waals surface area contributed by atoms with Gasteiger partial charge >= 0.3 is 6.03 Å². The Morgan fingerprint density at radius 3 is 2.76 bits per heavy atom. The first-order valence-corrected chi connectivity index (χ1v) is 7.89. The maximum absolute atomic E-state index is 11.6. The highest BCUT2D eigenvalue weighted by molar-refractivity contribution is 9.10. The molecule has 6 nitrogen and oxygen atoms in total. The van der Waals surface area contributed by atoms with E-state index < -0.39 is 0 Å². The number of hydrogen-bond donors (Lipinski definition) is 2. The summed E-state index contributed by atoms with van der Waals surface area (Å²) in [6.45, 7) is 8.20. The van der Waals surface area contributed by atoms with E-state index in [9.17, 15) is 4.79 Å². The summed E-state index contributed by atoms with van der Waals surface area (Å²) in [4.78, 5) is 18.0. The van der Waals surface area contributed by atoms with Gasteiger partial charge in [0.15, 0.2) is 0 Å². The SMILES string of the molecule is CCNC(=O)Nc1cc(N2C[C@@H](C)O[C@H](C)C2)c(Br)cn1. The van der Waals surface area contributed by atoms with Gasteiger partial charge in [-0.25, -0.2) is 9.78 Å². The van der Waals surface area contributed by atoms with Crippen LogP contribution in [-0.2, 0) is 4.74 Å². The molecular weight excluding hydrogens is 336 g/mol. The second-order valence-electron chi connectivity index (χ2n) is 5.17. The van der Waals surface area contributed by atoms with E-state index in [0.717, 1.165) is 23.2 Å². The van der Waals surface area contributed by atoms with Gasteiger partial charge in [0.2, 0.25) is 0 Å². The molecule has 2 rings (SSSR count). The van der Waals surface area contributed by atoms with E-state index in [1.807, 2.05) is 13.0 Å². The van der Waals surface area contributed by atoms with Crippen LogP contribution in [0, 0.1) is 0 Å². The second kappa shape index (κ2) is 7.09. The number of halogens is 1. The molecule has 1 aromatic rings. The summed E-state index contributed by atoms with van der Waals surface area (Å²) < 4.78 is 6.66. The van der Waals surface area contributed by atoms with Crippen LogP contribution in [0.2, 0.25) is 0 Å². The van der Waals surface area contributed by atoms with E-state index in [0.29, 0.717) is 12.4 Å². The van der Waals surface area contributed by atoms with Crippen molar-refractivity contribution in [2.75, 3.05) is 29.9 Å². The third kappa shape index (κ3) is 4.31. The Kier molecular flexibility index (Phi) is 5.41. The standard InChI is InChI=1S/C14H21BrN4O2/c1-4-16-14(20)18-13-5-12(11(15)6-17-13)19-7-9(2)21-10(3)8-19/h5-6,9-10H,4,7-8H2,1-3H3,(H2,16,17,18,20)/t9-,10-/m1/s1. The minimum Gasteiger partial charge on any atom is -0.372 e. The van der Waals surface area contributed by atoms with Gasteiger partial charge in [-0.3, -0.25) is 5.32 Å². The normalized spacial score (nSPS) is 22.0. The second-order valence-corrected chi connectivity index (χ2v) is 6.02. The molecule has 1 aliphatic heterocycles. The molecule has 21 heavy (non-hydrogen) atoms. The third-order valence-electron chi connectivity index (χ3n) is 3.17. The van der Waals surface area contributed by atoms with Crippen molar-refractivity contribution in [1.82, 2.24) is 10.3 Å². The number of anilines is 2. The molecule has 1 saturated heterocycles. The number of hydrogen-bond acceptors (Lipinski definition) is 4. The van der Waals surface area contributed by atoms with Gasteiger partial charge < -0.3 is 15.0 Å². The van der Waals surface area contributed by atoms with Crippen LogP contribution in [0.1, 0.15) is 20.8 Å². The molecule has 7 heteroatoms. The molecular formula is C14H21BrN4O2. The van der Waals surface area contributed by atoms with Crippen LogP contribution in [0.25, 0.3) is 0 Å². The lowest BCUT2D eigenvalue weighted by molar-refractivity contribution is -0.00525. The molecule has 1 aromatic heterocycles. The summed E-state index contributed by atoms with van der Waals surface area (Å²) in [6.07, 6.45) is 2.06. The van der Waals surface area contributed by atoms with Crippen molar-refractivity contribution < 1.29 is 9.53 Å². The van der Waals surface area contributed by atoms with Gasteiger partial charge in [0.05, 0.1) is 22.4 Å². The van der Waals surface area contributed by atoms with Crippen LogP contribution in [-0.4, -0.2) is 42.9 Å². The van der Waals surface area contributed by atoms with Crippen molar-refractivity contribution >= 4 is 33.5 Å². The first kappa shape index (κ1) is 16.0. The third-order valence-corrected chi connectivity index (χ3v) is 3.79. The Labute approximate surface area is 133 Å². The van der Waals surface area contributed by atoms with Crippen molar-refractivity contribution in [2.45, 2.75) is 33.0 Å². The smallest absolute Gasteiger partial charge is 0.320 e. The number of carbonyl (C=O) groups excluding carboxylic acids is 1. The minimum absolute atomic E-state index is 0.175. The van der Waals surface area contributed by atoms with Gasteiger partial charge in [0.25, 0.3) is 0 Å². The van der Waals surface area contributed by atoms with E-state index in [-0.39, 0.29) is 18.2 Å². The number of amides is 2. The largest absolute Gasteiger partial charge is 0.372 e. The van der Waals surface area contributed by atoms with Gasteiger partial charge in [-0.15, -0.1) is 0 Å². The van der Waals surface area contributed by atoms with E-state index in [2.05, 4.69) is 50.3 Å². The number of pyridine rings is 1. The van der Waals surface area contributed by atoms with E-state index in [1.54, 1.807) is 6.20 Å². The Hall–Kier alpha value is -1.34. The minimum atomic E-state index is -0.248. The van der Waals surface area contributed by atoms with Gasteiger partial charge in [-0.1, -0.05) is 0 Å². The first-order chi connectivity index (χ1) is 9.99. The molecule has 1 fully saturated rings. The molecule has 116 valence electrons. The molecule has 0 aliphatic carbocycles.